The summed E-state index contributed by atoms with van der Waals surface area (Å²) >= 11 is 0. The second-order valence-corrected chi connectivity index (χ2v) is 4.86. The summed E-state index contributed by atoms with van der Waals surface area (Å²) in [4.78, 5) is 4.34. The van der Waals surface area contributed by atoms with E-state index in [0.29, 0.717) is 5.92 Å². The van der Waals surface area contributed by atoms with Gasteiger partial charge in [-0.25, -0.2) is 0 Å². The second-order valence-electron chi connectivity index (χ2n) is 4.86. The van der Waals surface area contributed by atoms with E-state index in [4.69, 9.17) is 5.73 Å². The van der Waals surface area contributed by atoms with E-state index in [9.17, 15) is 0 Å². The maximum Gasteiger partial charge on any atom is 0.125 e. The molecule has 0 aromatic heterocycles. The van der Waals surface area contributed by atoms with Gasteiger partial charge in [0.25, 0.3) is 0 Å². The highest BCUT2D eigenvalue weighted by atomic mass is 15.1. The van der Waals surface area contributed by atoms with Crippen LogP contribution in [0, 0.1) is 5.92 Å². The quantitative estimate of drug-likeness (QED) is 0.496. The first-order valence-electron chi connectivity index (χ1n) is 6.62. The van der Waals surface area contributed by atoms with Crippen LogP contribution in [0.2, 0.25) is 0 Å². The molecule has 0 aliphatic heterocycles. The Morgan fingerprint density at radius 3 is 2.74 bits per heavy atom. The Morgan fingerprint density at radius 2 is 2.11 bits per heavy atom. The second kappa shape index (κ2) is 6.34. The van der Waals surface area contributed by atoms with E-state index in [2.05, 4.69) is 35.5 Å². The van der Waals surface area contributed by atoms with Crippen molar-refractivity contribution in [2.75, 3.05) is 7.05 Å². The number of nitrogens with zero attached hydrogens (tertiary/aromatic N) is 1. The normalized spacial score (nSPS) is 20.9. The van der Waals surface area contributed by atoms with Gasteiger partial charge in [-0.2, -0.15) is 0 Å². The van der Waals surface area contributed by atoms with Gasteiger partial charge in [0.2, 0.25) is 0 Å². The van der Waals surface area contributed by atoms with Crippen LogP contribution in [-0.2, 0) is 0 Å². The first-order valence-corrected chi connectivity index (χ1v) is 6.62. The molecular formula is C16H21N3. The molecule has 1 aromatic rings. The molecule has 0 saturated carbocycles. The molecule has 1 aromatic carbocycles. The van der Waals surface area contributed by atoms with E-state index in [1.54, 1.807) is 7.05 Å². The molecule has 3 N–H and O–H groups in total. The predicted octanol–water partition coefficient (Wildman–Crippen LogP) is 2.78. The van der Waals surface area contributed by atoms with E-state index < -0.39 is 0 Å². The number of rotatable bonds is 3. The Morgan fingerprint density at radius 1 is 1.37 bits per heavy atom. The van der Waals surface area contributed by atoms with Crippen LogP contribution in [0.5, 0.6) is 0 Å². The Balaban J connectivity index is 2.08. The van der Waals surface area contributed by atoms with Crippen LogP contribution in [-0.4, -0.2) is 12.9 Å². The third-order valence-corrected chi connectivity index (χ3v) is 3.26. The maximum absolute atomic E-state index is 6.18. The van der Waals surface area contributed by atoms with Crippen molar-refractivity contribution in [3.8, 4) is 0 Å². The summed E-state index contributed by atoms with van der Waals surface area (Å²) in [5.41, 5.74) is 8.45. The van der Waals surface area contributed by atoms with Crippen molar-refractivity contribution < 1.29 is 0 Å². The fourth-order valence-electron chi connectivity index (χ4n) is 2.21. The highest BCUT2D eigenvalue weighted by molar-refractivity contribution is 5.98. The molecular weight excluding hydrogens is 234 g/mol. The number of benzene rings is 1. The van der Waals surface area contributed by atoms with Crippen molar-refractivity contribution in [1.82, 2.24) is 5.32 Å². The Hall–Kier alpha value is -1.87. The molecule has 0 fully saturated rings. The zero-order valence-corrected chi connectivity index (χ0v) is 11.5. The van der Waals surface area contributed by atoms with Gasteiger partial charge in [0.05, 0.1) is 0 Å². The Bertz CT molecular complexity index is 500. The largest absolute Gasteiger partial charge is 0.351 e. The molecule has 2 unspecified atom stereocenters. The summed E-state index contributed by atoms with van der Waals surface area (Å²) in [5.74, 6) is 1.43. The van der Waals surface area contributed by atoms with Crippen molar-refractivity contribution in [2.45, 2.75) is 19.5 Å². The summed E-state index contributed by atoms with van der Waals surface area (Å²) in [6.07, 6.45) is 7.16. The number of nitrogens with two attached hydrogens (primary N) is 1. The van der Waals surface area contributed by atoms with E-state index in [1.807, 2.05) is 30.3 Å². The molecule has 0 radical (unpaired) electrons. The molecule has 0 saturated heterocycles. The van der Waals surface area contributed by atoms with Crippen LogP contribution in [0.3, 0.4) is 0 Å². The van der Waals surface area contributed by atoms with Crippen molar-refractivity contribution >= 4 is 5.84 Å². The van der Waals surface area contributed by atoms with Crippen LogP contribution in [0.25, 0.3) is 0 Å². The Kier molecular flexibility index (Phi) is 4.53. The monoisotopic (exact) mass is 255 g/mol. The predicted molar refractivity (Wildman–Crippen MR) is 80.9 cm³/mol. The molecule has 3 heteroatoms. The van der Waals surface area contributed by atoms with Crippen molar-refractivity contribution in [2.24, 2.45) is 16.6 Å². The van der Waals surface area contributed by atoms with E-state index >= 15 is 0 Å². The number of amidine groups is 1. The lowest BCUT2D eigenvalue weighted by atomic mass is 9.95. The van der Waals surface area contributed by atoms with Crippen LogP contribution in [0.15, 0.2) is 59.1 Å². The fraction of sp³-hybridized carbons (Fsp3) is 0.312. The molecule has 0 amide bonds. The van der Waals surface area contributed by atoms with Crippen molar-refractivity contribution in [3.05, 3.63) is 59.7 Å². The molecule has 1 aliphatic carbocycles. The minimum atomic E-state index is -0.234. The van der Waals surface area contributed by atoms with Crippen molar-refractivity contribution in [1.29, 1.82) is 0 Å². The average molecular weight is 255 g/mol. The fourth-order valence-corrected chi connectivity index (χ4v) is 2.21. The van der Waals surface area contributed by atoms with Crippen LogP contribution in [0.1, 0.15) is 25.1 Å². The lowest BCUT2D eigenvalue weighted by molar-refractivity contribution is 0.666. The summed E-state index contributed by atoms with van der Waals surface area (Å²) in [6, 6.07) is 10.0. The first-order chi connectivity index (χ1) is 9.20. The average Bonchev–Trinajstić information content (AvgIpc) is 2.45. The standard InChI is InChI=1S/C16H21N3/c1-12-7-6-10-14(11-12)16(18-2)19-15(17)13-8-4-3-5-9-13/h3-10,12,15H,11,17H2,1-2H3,(H,18,19). The summed E-state index contributed by atoms with van der Waals surface area (Å²) in [7, 11) is 1.80. The molecule has 0 spiro atoms. The van der Waals surface area contributed by atoms with Gasteiger partial charge in [-0.1, -0.05) is 55.5 Å². The maximum atomic E-state index is 6.18. The third kappa shape index (κ3) is 3.55. The number of allylic oxidation sites excluding steroid dienone is 3. The van der Waals surface area contributed by atoms with Gasteiger partial charge >= 0.3 is 0 Å². The van der Waals surface area contributed by atoms with Gasteiger partial charge in [0.1, 0.15) is 12.0 Å². The number of hydrogen-bond acceptors (Lipinski definition) is 2. The van der Waals surface area contributed by atoms with Gasteiger partial charge in [0, 0.05) is 7.05 Å². The molecule has 0 heterocycles. The molecule has 2 atom stereocenters. The number of nitrogens with one attached hydrogen (secondary N) is 1. The number of aliphatic imine (C=N–C) groups is 1. The highest BCUT2D eigenvalue weighted by Crippen LogP contribution is 2.19. The summed E-state index contributed by atoms with van der Waals surface area (Å²) in [6.45, 7) is 2.20. The van der Waals surface area contributed by atoms with Crippen LogP contribution < -0.4 is 11.1 Å². The lowest BCUT2D eigenvalue weighted by Gasteiger charge is -2.21. The van der Waals surface area contributed by atoms with Gasteiger partial charge < -0.3 is 11.1 Å². The number of hydrogen-bond donors (Lipinski definition) is 2. The van der Waals surface area contributed by atoms with Gasteiger partial charge in [-0.15, -0.1) is 0 Å². The van der Waals surface area contributed by atoms with Crippen LogP contribution in [0.4, 0.5) is 0 Å². The Labute approximate surface area is 114 Å². The topological polar surface area (TPSA) is 50.4 Å². The molecule has 0 bridgehead atoms. The summed E-state index contributed by atoms with van der Waals surface area (Å²) < 4.78 is 0. The zero-order valence-electron chi connectivity index (χ0n) is 11.5. The van der Waals surface area contributed by atoms with E-state index in [0.717, 1.165) is 17.8 Å². The van der Waals surface area contributed by atoms with Crippen LogP contribution >= 0.6 is 0 Å². The highest BCUT2D eigenvalue weighted by Gasteiger charge is 2.14. The van der Waals surface area contributed by atoms with E-state index in [1.165, 1.54) is 5.57 Å². The zero-order chi connectivity index (χ0) is 13.7. The molecule has 2 rings (SSSR count). The minimum absolute atomic E-state index is 0.234. The van der Waals surface area contributed by atoms with Gasteiger partial charge in [-0.05, 0) is 23.5 Å². The SMILES string of the molecule is CN=C(NC(N)c1ccccc1)C1=CC=CC(C)C1. The third-order valence-electron chi connectivity index (χ3n) is 3.26. The molecule has 19 heavy (non-hydrogen) atoms. The van der Waals surface area contributed by atoms with E-state index in [-0.39, 0.29) is 6.17 Å². The van der Waals surface area contributed by atoms with Crippen molar-refractivity contribution in [3.63, 3.8) is 0 Å². The molecule has 100 valence electrons. The first kappa shape index (κ1) is 13.6. The lowest BCUT2D eigenvalue weighted by Crippen LogP contribution is -2.35. The minimum Gasteiger partial charge on any atom is -0.351 e. The smallest absolute Gasteiger partial charge is 0.125 e. The summed E-state index contributed by atoms with van der Waals surface area (Å²) in [5, 5.41) is 3.30. The molecule has 1 aliphatic rings. The molecule has 3 nitrogen and oxygen atoms in total. The van der Waals surface area contributed by atoms with Gasteiger partial charge in [-0.3, -0.25) is 4.99 Å². The van der Waals surface area contributed by atoms with Gasteiger partial charge in [0.15, 0.2) is 0 Å².